The van der Waals surface area contributed by atoms with Crippen LogP contribution in [-0.4, -0.2) is 23.0 Å². The van der Waals surface area contributed by atoms with Gasteiger partial charge in [0.15, 0.2) is 0 Å². The molecule has 1 fully saturated rings. The minimum Gasteiger partial charge on any atom is -0.481 e. The number of rotatable bonds is 4. The van der Waals surface area contributed by atoms with Gasteiger partial charge >= 0.3 is 5.97 Å². The summed E-state index contributed by atoms with van der Waals surface area (Å²) in [5.74, 6) is -1.73. The summed E-state index contributed by atoms with van der Waals surface area (Å²) >= 11 is 6.10. The van der Waals surface area contributed by atoms with Gasteiger partial charge in [-0.2, -0.15) is 0 Å². The van der Waals surface area contributed by atoms with Gasteiger partial charge in [-0.15, -0.1) is 0 Å². The summed E-state index contributed by atoms with van der Waals surface area (Å²) in [5, 5.41) is 12.8. The number of aliphatic carboxylic acids is 1. The van der Waals surface area contributed by atoms with Crippen molar-refractivity contribution in [1.29, 1.82) is 0 Å². The third kappa shape index (κ3) is 3.22. The number of benzene rings is 1. The molecule has 2 rings (SSSR count). The molecule has 6 heteroatoms. The van der Waals surface area contributed by atoms with Crippen LogP contribution in [0.5, 0.6) is 0 Å². The van der Waals surface area contributed by atoms with Crippen LogP contribution in [0.1, 0.15) is 36.0 Å². The molecule has 1 amide bonds. The maximum absolute atomic E-state index is 11.2. The second-order valence-corrected chi connectivity index (χ2v) is 5.45. The van der Waals surface area contributed by atoms with Crippen molar-refractivity contribution in [3.8, 4) is 0 Å². The predicted molar refractivity (Wildman–Crippen MR) is 77.0 cm³/mol. The van der Waals surface area contributed by atoms with Crippen LogP contribution in [0.3, 0.4) is 0 Å². The van der Waals surface area contributed by atoms with Crippen molar-refractivity contribution < 1.29 is 14.7 Å². The number of hydrogen-bond acceptors (Lipinski definition) is 3. The fourth-order valence-electron chi connectivity index (χ4n) is 2.58. The SMILES string of the molecule is NC(=O)c1ccc(NC2CCCCC2C(=O)O)c(Cl)c1. The molecule has 0 aromatic heterocycles. The second-order valence-electron chi connectivity index (χ2n) is 5.04. The monoisotopic (exact) mass is 296 g/mol. The number of carbonyl (C=O) groups is 2. The van der Waals surface area contributed by atoms with Crippen molar-refractivity contribution in [3.05, 3.63) is 28.8 Å². The Balaban J connectivity index is 2.16. The van der Waals surface area contributed by atoms with Crippen molar-refractivity contribution in [2.45, 2.75) is 31.7 Å². The molecule has 1 saturated carbocycles. The summed E-state index contributed by atoms with van der Waals surface area (Å²) < 4.78 is 0. The zero-order chi connectivity index (χ0) is 14.7. The molecule has 0 spiro atoms. The Labute approximate surface area is 122 Å². The number of anilines is 1. The van der Waals surface area contributed by atoms with Crippen molar-refractivity contribution >= 4 is 29.2 Å². The average molecular weight is 297 g/mol. The summed E-state index contributed by atoms with van der Waals surface area (Å²) in [6.45, 7) is 0. The van der Waals surface area contributed by atoms with E-state index in [-0.39, 0.29) is 6.04 Å². The fourth-order valence-corrected chi connectivity index (χ4v) is 2.82. The first-order chi connectivity index (χ1) is 9.49. The summed E-state index contributed by atoms with van der Waals surface area (Å²) in [5.41, 5.74) is 6.15. The Morgan fingerprint density at radius 2 is 2.00 bits per heavy atom. The smallest absolute Gasteiger partial charge is 0.308 e. The van der Waals surface area contributed by atoms with Crippen LogP contribution < -0.4 is 11.1 Å². The first-order valence-corrected chi connectivity index (χ1v) is 6.95. The van der Waals surface area contributed by atoms with E-state index >= 15 is 0 Å². The van der Waals surface area contributed by atoms with E-state index in [1.165, 1.54) is 6.07 Å². The van der Waals surface area contributed by atoms with Crippen LogP contribution in [-0.2, 0) is 4.79 Å². The molecule has 1 aliphatic rings. The quantitative estimate of drug-likeness (QED) is 0.796. The van der Waals surface area contributed by atoms with Gasteiger partial charge in [-0.05, 0) is 31.0 Å². The average Bonchev–Trinajstić information content (AvgIpc) is 2.41. The van der Waals surface area contributed by atoms with Gasteiger partial charge < -0.3 is 16.2 Å². The highest BCUT2D eigenvalue weighted by Gasteiger charge is 2.31. The lowest BCUT2D eigenvalue weighted by Gasteiger charge is -2.30. The largest absolute Gasteiger partial charge is 0.481 e. The van der Waals surface area contributed by atoms with Gasteiger partial charge in [-0.1, -0.05) is 24.4 Å². The van der Waals surface area contributed by atoms with Gasteiger partial charge in [0.2, 0.25) is 5.91 Å². The van der Waals surface area contributed by atoms with Crippen LogP contribution in [0, 0.1) is 5.92 Å². The maximum atomic E-state index is 11.2. The topological polar surface area (TPSA) is 92.4 Å². The molecule has 1 aromatic carbocycles. The maximum Gasteiger partial charge on any atom is 0.308 e. The van der Waals surface area contributed by atoms with E-state index in [1.807, 2.05) is 0 Å². The highest BCUT2D eigenvalue weighted by molar-refractivity contribution is 6.33. The molecule has 108 valence electrons. The lowest BCUT2D eigenvalue weighted by atomic mass is 9.84. The third-order valence-corrected chi connectivity index (χ3v) is 3.99. The van der Waals surface area contributed by atoms with Gasteiger partial charge in [-0.25, -0.2) is 0 Å². The van der Waals surface area contributed by atoms with E-state index in [0.29, 0.717) is 22.7 Å². The summed E-state index contributed by atoms with van der Waals surface area (Å²) in [6, 6.07) is 4.59. The van der Waals surface area contributed by atoms with Gasteiger partial charge in [-0.3, -0.25) is 9.59 Å². The highest BCUT2D eigenvalue weighted by Crippen LogP contribution is 2.30. The summed E-state index contributed by atoms with van der Waals surface area (Å²) in [7, 11) is 0. The molecule has 20 heavy (non-hydrogen) atoms. The lowest BCUT2D eigenvalue weighted by Crippen LogP contribution is -2.37. The molecule has 0 radical (unpaired) electrons. The summed E-state index contributed by atoms with van der Waals surface area (Å²) in [4.78, 5) is 22.3. The number of amides is 1. The lowest BCUT2D eigenvalue weighted by molar-refractivity contribution is -0.143. The molecule has 2 unspecified atom stereocenters. The van der Waals surface area contributed by atoms with Crippen LogP contribution in [0.15, 0.2) is 18.2 Å². The Morgan fingerprint density at radius 3 is 2.60 bits per heavy atom. The standard InChI is InChI=1S/C14H17ClN2O3/c15-10-7-8(13(16)18)5-6-12(10)17-11-4-2-1-3-9(11)14(19)20/h5-7,9,11,17H,1-4H2,(H2,16,18)(H,19,20). The molecular weight excluding hydrogens is 280 g/mol. The van der Waals surface area contributed by atoms with Crippen molar-refractivity contribution in [3.63, 3.8) is 0 Å². The molecular formula is C14H17ClN2O3. The van der Waals surface area contributed by atoms with Gasteiger partial charge in [0.25, 0.3) is 0 Å². The van der Waals surface area contributed by atoms with Crippen LogP contribution in [0.2, 0.25) is 5.02 Å². The first-order valence-electron chi connectivity index (χ1n) is 6.57. The van der Waals surface area contributed by atoms with Crippen LogP contribution >= 0.6 is 11.6 Å². The number of halogens is 1. The Morgan fingerprint density at radius 1 is 1.30 bits per heavy atom. The number of carbonyl (C=O) groups excluding carboxylic acids is 1. The number of primary amides is 1. The molecule has 0 bridgehead atoms. The number of nitrogens with one attached hydrogen (secondary N) is 1. The van der Waals surface area contributed by atoms with E-state index in [9.17, 15) is 14.7 Å². The van der Waals surface area contributed by atoms with Crippen molar-refractivity contribution in [1.82, 2.24) is 0 Å². The molecule has 0 heterocycles. The number of nitrogens with two attached hydrogens (primary N) is 1. The van der Waals surface area contributed by atoms with E-state index in [4.69, 9.17) is 17.3 Å². The number of carboxylic acid groups (broad SMARTS) is 1. The van der Waals surface area contributed by atoms with E-state index in [1.54, 1.807) is 12.1 Å². The molecule has 0 saturated heterocycles. The Bertz CT molecular complexity index is 533. The van der Waals surface area contributed by atoms with E-state index < -0.39 is 17.8 Å². The zero-order valence-corrected chi connectivity index (χ0v) is 11.7. The molecule has 2 atom stereocenters. The minimum absolute atomic E-state index is 0.141. The number of hydrogen-bond donors (Lipinski definition) is 3. The summed E-state index contributed by atoms with van der Waals surface area (Å²) in [6.07, 6.45) is 3.40. The predicted octanol–water partition coefficient (Wildman–Crippen LogP) is 2.49. The minimum atomic E-state index is -0.785. The normalized spacial score (nSPS) is 22.2. The zero-order valence-electron chi connectivity index (χ0n) is 10.9. The van der Waals surface area contributed by atoms with Gasteiger partial charge in [0.1, 0.15) is 0 Å². The third-order valence-electron chi connectivity index (χ3n) is 3.68. The molecule has 4 N–H and O–H groups in total. The van der Waals surface area contributed by atoms with Crippen molar-refractivity contribution in [2.24, 2.45) is 11.7 Å². The molecule has 0 aliphatic heterocycles. The van der Waals surface area contributed by atoms with Crippen molar-refractivity contribution in [2.75, 3.05) is 5.32 Å². The van der Waals surface area contributed by atoms with E-state index in [2.05, 4.69) is 5.32 Å². The van der Waals surface area contributed by atoms with Crippen LogP contribution in [0.4, 0.5) is 5.69 Å². The fraction of sp³-hybridized carbons (Fsp3) is 0.429. The van der Waals surface area contributed by atoms with Gasteiger partial charge in [0, 0.05) is 11.6 Å². The van der Waals surface area contributed by atoms with Crippen LogP contribution in [0.25, 0.3) is 0 Å². The molecule has 5 nitrogen and oxygen atoms in total. The van der Waals surface area contributed by atoms with E-state index in [0.717, 1.165) is 19.3 Å². The highest BCUT2D eigenvalue weighted by atomic mass is 35.5. The molecule has 1 aromatic rings. The number of carboxylic acids is 1. The molecule has 1 aliphatic carbocycles. The second kappa shape index (κ2) is 6.13. The Kier molecular flexibility index (Phi) is 4.49. The first kappa shape index (κ1) is 14.7. The Hall–Kier alpha value is -1.75. The van der Waals surface area contributed by atoms with Gasteiger partial charge in [0.05, 0.1) is 16.6 Å².